The first-order valence-corrected chi connectivity index (χ1v) is 7.43. The molecule has 0 unspecified atom stereocenters. The van der Waals surface area contributed by atoms with Gasteiger partial charge < -0.3 is 14.7 Å². The van der Waals surface area contributed by atoms with Crippen LogP contribution >= 0.6 is 11.6 Å². The summed E-state index contributed by atoms with van der Waals surface area (Å²) >= 11 is 5.68. The Morgan fingerprint density at radius 2 is 2.23 bits per heavy atom. The third kappa shape index (κ3) is 4.42. The Morgan fingerprint density at radius 1 is 1.45 bits per heavy atom. The van der Waals surface area contributed by atoms with Gasteiger partial charge in [-0.3, -0.25) is 9.59 Å². The molecule has 1 aliphatic rings. The highest BCUT2D eigenvalue weighted by atomic mass is 35.5. The SMILES string of the molecule is O=C(O)CCN(C[C@@H]1CCCO1)C(=O)c1ccc(Cl)cc1F. The molecule has 120 valence electrons. The number of amides is 1. The quantitative estimate of drug-likeness (QED) is 0.871. The number of carboxylic acid groups (broad SMARTS) is 1. The zero-order valence-electron chi connectivity index (χ0n) is 11.9. The zero-order valence-corrected chi connectivity index (χ0v) is 12.7. The van der Waals surface area contributed by atoms with Crippen LogP contribution in [0.5, 0.6) is 0 Å². The topological polar surface area (TPSA) is 66.8 Å². The molecule has 2 rings (SSSR count). The smallest absolute Gasteiger partial charge is 0.305 e. The Hall–Kier alpha value is -1.66. The van der Waals surface area contributed by atoms with Crippen molar-refractivity contribution in [3.05, 3.63) is 34.6 Å². The summed E-state index contributed by atoms with van der Waals surface area (Å²) in [6.07, 6.45) is 1.38. The molecule has 1 aliphatic heterocycles. The van der Waals surface area contributed by atoms with Crippen molar-refractivity contribution in [2.24, 2.45) is 0 Å². The third-order valence-corrected chi connectivity index (χ3v) is 3.73. The highest BCUT2D eigenvalue weighted by Crippen LogP contribution is 2.19. The van der Waals surface area contributed by atoms with Crippen molar-refractivity contribution in [1.82, 2.24) is 4.90 Å². The van der Waals surface area contributed by atoms with Crippen molar-refractivity contribution in [1.29, 1.82) is 0 Å². The van der Waals surface area contributed by atoms with Crippen LogP contribution in [0.4, 0.5) is 4.39 Å². The van der Waals surface area contributed by atoms with Crippen LogP contribution in [0.1, 0.15) is 29.6 Å². The molecule has 22 heavy (non-hydrogen) atoms. The van der Waals surface area contributed by atoms with E-state index in [-0.39, 0.29) is 36.2 Å². The number of hydrogen-bond donors (Lipinski definition) is 1. The van der Waals surface area contributed by atoms with Gasteiger partial charge in [-0.1, -0.05) is 11.6 Å². The van der Waals surface area contributed by atoms with Gasteiger partial charge in [0.05, 0.1) is 18.1 Å². The molecule has 7 heteroatoms. The maximum absolute atomic E-state index is 13.9. The second-order valence-electron chi connectivity index (χ2n) is 5.15. The predicted molar refractivity (Wildman–Crippen MR) is 78.5 cm³/mol. The van der Waals surface area contributed by atoms with Gasteiger partial charge in [0, 0.05) is 24.7 Å². The Labute approximate surface area is 132 Å². The number of aliphatic carboxylic acids is 1. The van der Waals surface area contributed by atoms with Gasteiger partial charge in [0.25, 0.3) is 5.91 Å². The molecule has 0 spiro atoms. The molecule has 1 heterocycles. The van der Waals surface area contributed by atoms with Crippen LogP contribution in [0.3, 0.4) is 0 Å². The molecule has 1 aromatic carbocycles. The van der Waals surface area contributed by atoms with Gasteiger partial charge in [-0.2, -0.15) is 0 Å². The number of hydrogen-bond acceptors (Lipinski definition) is 3. The van der Waals surface area contributed by atoms with E-state index in [2.05, 4.69) is 0 Å². The maximum Gasteiger partial charge on any atom is 0.305 e. The van der Waals surface area contributed by atoms with Crippen LogP contribution in [0.2, 0.25) is 5.02 Å². The Balaban J connectivity index is 2.14. The monoisotopic (exact) mass is 329 g/mol. The number of halogens is 2. The molecule has 0 bridgehead atoms. The number of nitrogens with zero attached hydrogens (tertiary/aromatic N) is 1. The second-order valence-corrected chi connectivity index (χ2v) is 5.59. The lowest BCUT2D eigenvalue weighted by Crippen LogP contribution is -2.39. The molecular weight excluding hydrogens is 313 g/mol. The molecule has 1 saturated heterocycles. The van der Waals surface area contributed by atoms with Gasteiger partial charge in [-0.15, -0.1) is 0 Å². The van der Waals surface area contributed by atoms with Gasteiger partial charge in [0.1, 0.15) is 5.82 Å². The number of carboxylic acids is 1. The van der Waals surface area contributed by atoms with E-state index in [4.69, 9.17) is 21.4 Å². The van der Waals surface area contributed by atoms with Gasteiger partial charge in [0.15, 0.2) is 0 Å². The fourth-order valence-electron chi connectivity index (χ4n) is 2.37. The summed E-state index contributed by atoms with van der Waals surface area (Å²) in [7, 11) is 0. The third-order valence-electron chi connectivity index (χ3n) is 3.49. The van der Waals surface area contributed by atoms with Crippen molar-refractivity contribution in [2.75, 3.05) is 19.7 Å². The van der Waals surface area contributed by atoms with E-state index in [1.807, 2.05) is 0 Å². The van der Waals surface area contributed by atoms with E-state index in [1.165, 1.54) is 17.0 Å². The first-order valence-electron chi connectivity index (χ1n) is 7.05. The Bertz CT molecular complexity index is 560. The van der Waals surface area contributed by atoms with Crippen molar-refractivity contribution >= 4 is 23.5 Å². The fraction of sp³-hybridized carbons (Fsp3) is 0.467. The van der Waals surface area contributed by atoms with E-state index >= 15 is 0 Å². The number of carbonyl (C=O) groups is 2. The van der Waals surface area contributed by atoms with Gasteiger partial charge in [-0.05, 0) is 31.0 Å². The van der Waals surface area contributed by atoms with Crippen LogP contribution < -0.4 is 0 Å². The van der Waals surface area contributed by atoms with Crippen molar-refractivity contribution in [3.63, 3.8) is 0 Å². The summed E-state index contributed by atoms with van der Waals surface area (Å²) in [5.74, 6) is -2.28. The number of rotatable bonds is 6. The lowest BCUT2D eigenvalue weighted by Gasteiger charge is -2.25. The lowest BCUT2D eigenvalue weighted by molar-refractivity contribution is -0.137. The van der Waals surface area contributed by atoms with Crippen LogP contribution in [-0.2, 0) is 9.53 Å². The van der Waals surface area contributed by atoms with Gasteiger partial charge >= 0.3 is 5.97 Å². The average Bonchev–Trinajstić information content (AvgIpc) is 2.95. The molecule has 0 aromatic heterocycles. The van der Waals surface area contributed by atoms with Crippen molar-refractivity contribution < 1.29 is 23.8 Å². The molecular formula is C15H17ClFNO4. The van der Waals surface area contributed by atoms with Crippen LogP contribution in [0.15, 0.2) is 18.2 Å². The van der Waals surface area contributed by atoms with Crippen LogP contribution in [0.25, 0.3) is 0 Å². The van der Waals surface area contributed by atoms with E-state index in [1.54, 1.807) is 0 Å². The minimum Gasteiger partial charge on any atom is -0.481 e. The molecule has 0 aliphatic carbocycles. The van der Waals surface area contributed by atoms with E-state index < -0.39 is 17.7 Å². The molecule has 0 radical (unpaired) electrons. The maximum atomic E-state index is 13.9. The molecule has 1 aromatic rings. The number of carbonyl (C=O) groups excluding carboxylic acids is 1. The minimum atomic E-state index is -1.01. The highest BCUT2D eigenvalue weighted by Gasteiger charge is 2.25. The van der Waals surface area contributed by atoms with Crippen molar-refractivity contribution in [2.45, 2.75) is 25.4 Å². The standard InChI is InChI=1S/C15H17ClFNO4/c16-10-3-4-12(13(17)8-10)15(21)18(6-5-14(19)20)9-11-2-1-7-22-11/h3-4,8,11H,1-2,5-7,9H2,(H,19,20)/t11-/m0/s1. The molecule has 1 atom stereocenters. The predicted octanol–water partition coefficient (Wildman–Crippen LogP) is 2.58. The molecule has 1 amide bonds. The summed E-state index contributed by atoms with van der Waals surface area (Å²) in [5.41, 5.74) is -0.118. The minimum absolute atomic E-state index is 0.0100. The first kappa shape index (κ1) is 16.7. The Morgan fingerprint density at radius 3 is 2.82 bits per heavy atom. The molecule has 1 fully saturated rings. The fourth-order valence-corrected chi connectivity index (χ4v) is 2.53. The normalized spacial score (nSPS) is 17.5. The second kappa shape index (κ2) is 7.56. The highest BCUT2D eigenvalue weighted by molar-refractivity contribution is 6.30. The largest absolute Gasteiger partial charge is 0.481 e. The Kier molecular flexibility index (Phi) is 5.74. The molecule has 0 saturated carbocycles. The molecule has 1 N–H and O–H groups in total. The van der Waals surface area contributed by atoms with Crippen LogP contribution in [-0.4, -0.2) is 47.7 Å². The van der Waals surface area contributed by atoms with Gasteiger partial charge in [-0.25, -0.2) is 4.39 Å². The summed E-state index contributed by atoms with van der Waals surface area (Å²) < 4.78 is 19.4. The number of ether oxygens (including phenoxy) is 1. The van der Waals surface area contributed by atoms with Crippen molar-refractivity contribution in [3.8, 4) is 0 Å². The first-order chi connectivity index (χ1) is 10.5. The van der Waals surface area contributed by atoms with E-state index in [0.29, 0.717) is 6.61 Å². The number of benzene rings is 1. The van der Waals surface area contributed by atoms with Crippen LogP contribution in [0, 0.1) is 5.82 Å². The summed E-state index contributed by atoms with van der Waals surface area (Å²) in [5, 5.41) is 9.01. The molecule has 5 nitrogen and oxygen atoms in total. The summed E-state index contributed by atoms with van der Waals surface area (Å²) in [4.78, 5) is 24.6. The summed E-state index contributed by atoms with van der Waals surface area (Å²) in [6.45, 7) is 0.894. The van der Waals surface area contributed by atoms with E-state index in [9.17, 15) is 14.0 Å². The zero-order chi connectivity index (χ0) is 16.1. The van der Waals surface area contributed by atoms with Gasteiger partial charge in [0.2, 0.25) is 0 Å². The summed E-state index contributed by atoms with van der Waals surface area (Å²) in [6, 6.07) is 3.80. The van der Waals surface area contributed by atoms with E-state index in [0.717, 1.165) is 18.9 Å². The lowest BCUT2D eigenvalue weighted by atomic mass is 10.1. The average molecular weight is 330 g/mol.